The summed E-state index contributed by atoms with van der Waals surface area (Å²) in [7, 11) is 0. The van der Waals surface area contributed by atoms with Gasteiger partial charge in [0.05, 0.1) is 18.1 Å². The van der Waals surface area contributed by atoms with Crippen LogP contribution in [0.4, 0.5) is 4.39 Å². The SMILES string of the molecule is O=C1CCCC[C@H]2[C@@H](C[C@@H](c3ccc(F)cc3)N2C(=O)c2ccccc2)N1. The van der Waals surface area contributed by atoms with Crippen LogP contribution in [0, 0.1) is 5.82 Å². The molecule has 1 N–H and O–H groups in total. The van der Waals surface area contributed by atoms with Gasteiger partial charge in [-0.15, -0.1) is 0 Å². The molecule has 4 nitrogen and oxygen atoms in total. The Hall–Kier alpha value is -2.69. The van der Waals surface area contributed by atoms with Crippen molar-refractivity contribution in [3.05, 3.63) is 71.5 Å². The van der Waals surface area contributed by atoms with E-state index >= 15 is 0 Å². The van der Waals surface area contributed by atoms with Crippen LogP contribution in [-0.4, -0.2) is 28.8 Å². The molecule has 0 spiro atoms. The standard InChI is InChI=1S/C22H23FN2O2/c23-17-12-10-15(11-13-17)20-14-18-19(8-4-5-9-21(26)24-18)25(20)22(27)16-6-2-1-3-7-16/h1-3,6-7,10-13,18-20H,4-5,8-9,14H2,(H,24,26)/t18-,19+,20+/m1/s1. The number of nitrogens with zero attached hydrogens (tertiary/aromatic N) is 1. The Balaban J connectivity index is 1.72. The maximum Gasteiger partial charge on any atom is 0.254 e. The lowest BCUT2D eigenvalue weighted by atomic mass is 9.97. The van der Waals surface area contributed by atoms with E-state index in [1.807, 2.05) is 35.2 Å². The second-order valence-electron chi connectivity index (χ2n) is 7.37. The number of carbonyl (C=O) groups excluding carboxylic acids is 2. The predicted molar refractivity (Wildman–Crippen MR) is 101 cm³/mol. The predicted octanol–water partition coefficient (Wildman–Crippen LogP) is 3.84. The average Bonchev–Trinajstić information content (AvgIpc) is 3.01. The highest BCUT2D eigenvalue weighted by Gasteiger charge is 2.45. The summed E-state index contributed by atoms with van der Waals surface area (Å²) < 4.78 is 13.4. The van der Waals surface area contributed by atoms with Gasteiger partial charge in [0.2, 0.25) is 5.91 Å². The van der Waals surface area contributed by atoms with E-state index in [2.05, 4.69) is 5.32 Å². The highest BCUT2D eigenvalue weighted by atomic mass is 19.1. The van der Waals surface area contributed by atoms with Gasteiger partial charge in [0.25, 0.3) is 5.91 Å². The largest absolute Gasteiger partial charge is 0.351 e. The van der Waals surface area contributed by atoms with Crippen LogP contribution in [0.1, 0.15) is 54.1 Å². The smallest absolute Gasteiger partial charge is 0.254 e. The Morgan fingerprint density at radius 2 is 1.78 bits per heavy atom. The normalized spacial score (nSPS) is 25.3. The molecule has 0 saturated carbocycles. The first kappa shape index (κ1) is 17.7. The van der Waals surface area contributed by atoms with Gasteiger partial charge in [-0.25, -0.2) is 4.39 Å². The van der Waals surface area contributed by atoms with Crippen molar-refractivity contribution >= 4 is 11.8 Å². The molecule has 2 aromatic rings. The van der Waals surface area contributed by atoms with Gasteiger partial charge >= 0.3 is 0 Å². The maximum atomic E-state index is 13.4. The van der Waals surface area contributed by atoms with Crippen molar-refractivity contribution < 1.29 is 14.0 Å². The van der Waals surface area contributed by atoms with Gasteiger partial charge in [0.1, 0.15) is 5.82 Å². The van der Waals surface area contributed by atoms with Gasteiger partial charge in [-0.05, 0) is 49.1 Å². The third-order valence-corrected chi connectivity index (χ3v) is 5.64. The van der Waals surface area contributed by atoms with Crippen LogP contribution in [0.15, 0.2) is 54.6 Å². The summed E-state index contributed by atoms with van der Waals surface area (Å²) in [4.78, 5) is 27.4. The molecule has 0 aromatic heterocycles. The monoisotopic (exact) mass is 366 g/mol. The third-order valence-electron chi connectivity index (χ3n) is 5.64. The van der Waals surface area contributed by atoms with Gasteiger partial charge in [-0.3, -0.25) is 9.59 Å². The number of amides is 2. The summed E-state index contributed by atoms with van der Waals surface area (Å²) in [6.45, 7) is 0. The number of carbonyl (C=O) groups is 2. The summed E-state index contributed by atoms with van der Waals surface area (Å²) in [5, 5.41) is 3.12. The Labute approximate surface area is 158 Å². The lowest BCUT2D eigenvalue weighted by Gasteiger charge is -2.33. The minimum absolute atomic E-state index is 0.0350. The molecule has 5 heteroatoms. The maximum absolute atomic E-state index is 13.4. The molecule has 0 radical (unpaired) electrons. The topological polar surface area (TPSA) is 49.4 Å². The van der Waals surface area contributed by atoms with Crippen LogP contribution in [0.5, 0.6) is 0 Å². The lowest BCUT2D eigenvalue weighted by Crippen LogP contribution is -2.48. The van der Waals surface area contributed by atoms with Crippen molar-refractivity contribution in [1.82, 2.24) is 10.2 Å². The molecule has 2 saturated heterocycles. The fraction of sp³-hybridized carbons (Fsp3) is 0.364. The number of benzene rings is 2. The molecule has 3 atom stereocenters. The van der Waals surface area contributed by atoms with Crippen LogP contribution in [-0.2, 0) is 4.79 Å². The van der Waals surface area contributed by atoms with E-state index in [1.165, 1.54) is 12.1 Å². The molecule has 0 aliphatic carbocycles. The van der Waals surface area contributed by atoms with Gasteiger partial charge in [-0.2, -0.15) is 0 Å². The van der Waals surface area contributed by atoms with E-state index in [9.17, 15) is 14.0 Å². The molecule has 0 unspecified atom stereocenters. The van der Waals surface area contributed by atoms with E-state index in [0.717, 1.165) is 24.8 Å². The van der Waals surface area contributed by atoms with Crippen LogP contribution < -0.4 is 5.32 Å². The quantitative estimate of drug-likeness (QED) is 0.878. The number of nitrogens with one attached hydrogen (secondary N) is 1. The highest BCUT2D eigenvalue weighted by molar-refractivity contribution is 5.95. The van der Waals surface area contributed by atoms with Crippen molar-refractivity contribution in [3.63, 3.8) is 0 Å². The van der Waals surface area contributed by atoms with Crippen LogP contribution in [0.25, 0.3) is 0 Å². The first-order valence-electron chi connectivity index (χ1n) is 9.56. The molecular weight excluding hydrogens is 343 g/mol. The lowest BCUT2D eigenvalue weighted by molar-refractivity contribution is -0.122. The summed E-state index contributed by atoms with van der Waals surface area (Å²) in [6.07, 6.45) is 3.81. The van der Waals surface area contributed by atoms with Gasteiger partial charge < -0.3 is 10.2 Å². The zero-order valence-electron chi connectivity index (χ0n) is 15.1. The van der Waals surface area contributed by atoms with Crippen molar-refractivity contribution in [2.24, 2.45) is 0 Å². The average molecular weight is 366 g/mol. The molecule has 2 aliphatic heterocycles. The van der Waals surface area contributed by atoms with Gasteiger partial charge in [-0.1, -0.05) is 36.8 Å². The minimum atomic E-state index is -0.294. The zero-order valence-corrected chi connectivity index (χ0v) is 15.1. The number of fused-ring (bicyclic) bond motifs is 1. The first-order chi connectivity index (χ1) is 13.1. The fourth-order valence-electron chi connectivity index (χ4n) is 4.35. The summed E-state index contributed by atoms with van der Waals surface area (Å²) in [5.41, 5.74) is 1.54. The fourth-order valence-corrected chi connectivity index (χ4v) is 4.35. The molecule has 2 fully saturated rings. The van der Waals surface area contributed by atoms with Crippen molar-refractivity contribution in [1.29, 1.82) is 0 Å². The Bertz CT molecular complexity index is 822. The molecule has 4 rings (SSSR count). The number of halogens is 1. The molecule has 2 amide bonds. The molecule has 2 aromatic carbocycles. The van der Waals surface area contributed by atoms with Crippen molar-refractivity contribution in [2.75, 3.05) is 0 Å². The van der Waals surface area contributed by atoms with Gasteiger partial charge in [0, 0.05) is 12.0 Å². The molecule has 0 bridgehead atoms. The number of hydrogen-bond acceptors (Lipinski definition) is 2. The zero-order chi connectivity index (χ0) is 18.8. The number of likely N-dealkylation sites (tertiary alicyclic amines) is 1. The van der Waals surface area contributed by atoms with E-state index < -0.39 is 0 Å². The van der Waals surface area contributed by atoms with E-state index in [1.54, 1.807) is 12.1 Å². The molecule has 27 heavy (non-hydrogen) atoms. The third kappa shape index (κ3) is 3.59. The Morgan fingerprint density at radius 1 is 1.04 bits per heavy atom. The first-order valence-corrected chi connectivity index (χ1v) is 9.56. The highest BCUT2D eigenvalue weighted by Crippen LogP contribution is 2.40. The second-order valence-corrected chi connectivity index (χ2v) is 7.37. The van der Waals surface area contributed by atoms with Crippen molar-refractivity contribution in [2.45, 2.75) is 50.2 Å². The molecular formula is C22H23FN2O2. The second kappa shape index (κ2) is 7.51. The van der Waals surface area contributed by atoms with Crippen LogP contribution in [0.3, 0.4) is 0 Å². The Morgan fingerprint density at radius 3 is 2.52 bits per heavy atom. The summed E-state index contributed by atoms with van der Waals surface area (Å²) >= 11 is 0. The molecule has 2 heterocycles. The molecule has 140 valence electrons. The Kier molecular flexibility index (Phi) is 4.92. The summed E-state index contributed by atoms with van der Waals surface area (Å²) in [5.74, 6) is -0.277. The minimum Gasteiger partial charge on any atom is -0.351 e. The number of rotatable bonds is 2. The van der Waals surface area contributed by atoms with E-state index in [0.29, 0.717) is 18.4 Å². The van der Waals surface area contributed by atoms with Crippen molar-refractivity contribution in [3.8, 4) is 0 Å². The number of hydrogen-bond donors (Lipinski definition) is 1. The van der Waals surface area contributed by atoms with Crippen LogP contribution in [0.2, 0.25) is 0 Å². The van der Waals surface area contributed by atoms with Gasteiger partial charge in [0.15, 0.2) is 0 Å². The summed E-state index contributed by atoms with van der Waals surface area (Å²) in [6, 6.07) is 15.3. The van der Waals surface area contributed by atoms with E-state index in [4.69, 9.17) is 0 Å². The van der Waals surface area contributed by atoms with Crippen LogP contribution >= 0.6 is 0 Å². The van der Waals surface area contributed by atoms with E-state index in [-0.39, 0.29) is 35.8 Å². The molecule has 2 aliphatic rings.